The Hall–Kier alpha value is -1.78. The van der Waals surface area contributed by atoms with Gasteiger partial charge in [0.25, 0.3) is 0 Å². The smallest absolute Gasteiger partial charge is 0.327 e. The van der Waals surface area contributed by atoms with Crippen LogP contribution in [0.2, 0.25) is 0 Å². The predicted octanol–water partition coefficient (Wildman–Crippen LogP) is 2.05. The summed E-state index contributed by atoms with van der Waals surface area (Å²) in [7, 11) is 0. The summed E-state index contributed by atoms with van der Waals surface area (Å²) < 4.78 is 4.96. The lowest BCUT2D eigenvalue weighted by molar-refractivity contribution is -0.147. The Kier molecular flexibility index (Phi) is 8.46. The van der Waals surface area contributed by atoms with E-state index in [1.54, 1.807) is 6.08 Å². The summed E-state index contributed by atoms with van der Waals surface area (Å²) in [6.07, 6.45) is 6.88. The Labute approximate surface area is 100 Å². The number of ether oxygens (including phenoxy) is 1. The van der Waals surface area contributed by atoms with Gasteiger partial charge in [0.2, 0.25) is 0 Å². The highest BCUT2D eigenvalue weighted by Gasteiger charge is 2.20. The third-order valence-electron chi connectivity index (χ3n) is 2.23. The standard InChI is InChI=1S/C9H14O3.C3H4O2/c10-6-3-5-8-4-1-2-7-12-9(8)11;1-2-3(4)5/h3,6,8,10H,1-2,4-5,7H2;2H,1H2,(H,4,5). The molecule has 17 heavy (non-hydrogen) atoms. The van der Waals surface area contributed by atoms with Crippen molar-refractivity contribution >= 4 is 11.9 Å². The zero-order valence-electron chi connectivity index (χ0n) is 9.67. The molecule has 0 radical (unpaired) electrons. The summed E-state index contributed by atoms with van der Waals surface area (Å²) >= 11 is 0. The number of hydrogen-bond donors (Lipinski definition) is 2. The molecule has 0 aromatic carbocycles. The van der Waals surface area contributed by atoms with E-state index in [0.717, 1.165) is 31.6 Å². The van der Waals surface area contributed by atoms with E-state index in [0.29, 0.717) is 13.0 Å². The minimum absolute atomic E-state index is 0.0455. The largest absolute Gasteiger partial charge is 0.516 e. The van der Waals surface area contributed by atoms with Crippen LogP contribution in [0.1, 0.15) is 25.7 Å². The van der Waals surface area contributed by atoms with Crippen molar-refractivity contribution < 1.29 is 24.5 Å². The second kappa shape index (κ2) is 9.45. The van der Waals surface area contributed by atoms with Crippen LogP contribution in [0.4, 0.5) is 0 Å². The zero-order chi connectivity index (χ0) is 13.1. The topological polar surface area (TPSA) is 83.8 Å². The number of carboxylic acids is 1. The Morgan fingerprint density at radius 1 is 1.53 bits per heavy atom. The van der Waals surface area contributed by atoms with E-state index in [-0.39, 0.29) is 11.9 Å². The van der Waals surface area contributed by atoms with E-state index in [2.05, 4.69) is 6.58 Å². The van der Waals surface area contributed by atoms with Gasteiger partial charge in [0.1, 0.15) is 0 Å². The summed E-state index contributed by atoms with van der Waals surface area (Å²) in [5, 5.41) is 16.0. The van der Waals surface area contributed by atoms with Gasteiger partial charge in [-0.2, -0.15) is 0 Å². The SMILES string of the molecule is C=CC(=O)O.O=C1OCCCCC1CC=CO. The maximum atomic E-state index is 11.2. The zero-order valence-corrected chi connectivity index (χ0v) is 9.67. The number of carbonyl (C=O) groups is 2. The van der Waals surface area contributed by atoms with E-state index in [1.165, 1.54) is 0 Å². The lowest BCUT2D eigenvalue weighted by atomic mass is 10.00. The summed E-state index contributed by atoms with van der Waals surface area (Å²) in [5.41, 5.74) is 0. The molecule has 0 aliphatic carbocycles. The highest BCUT2D eigenvalue weighted by atomic mass is 16.5. The van der Waals surface area contributed by atoms with Gasteiger partial charge in [-0.1, -0.05) is 6.58 Å². The number of aliphatic carboxylic acids is 1. The summed E-state index contributed by atoms with van der Waals surface area (Å²) in [4.78, 5) is 20.4. The molecule has 1 rings (SSSR count). The highest BCUT2D eigenvalue weighted by Crippen LogP contribution is 2.18. The number of aliphatic hydroxyl groups excluding tert-OH is 1. The van der Waals surface area contributed by atoms with E-state index < -0.39 is 5.97 Å². The molecule has 5 nitrogen and oxygen atoms in total. The van der Waals surface area contributed by atoms with Gasteiger partial charge in [-0.15, -0.1) is 0 Å². The van der Waals surface area contributed by atoms with Gasteiger partial charge in [0.15, 0.2) is 0 Å². The third-order valence-corrected chi connectivity index (χ3v) is 2.23. The molecule has 96 valence electrons. The minimum Gasteiger partial charge on any atom is -0.516 e. The summed E-state index contributed by atoms with van der Waals surface area (Å²) in [5.74, 6) is -1.15. The first-order chi connectivity index (χ1) is 8.11. The van der Waals surface area contributed by atoms with Crippen LogP contribution in [0.3, 0.4) is 0 Å². The molecule has 0 bridgehead atoms. The van der Waals surface area contributed by atoms with Crippen LogP contribution in [0.5, 0.6) is 0 Å². The molecule has 0 spiro atoms. The van der Waals surface area contributed by atoms with Crippen LogP contribution in [-0.2, 0) is 14.3 Å². The molecule has 1 atom stereocenters. The van der Waals surface area contributed by atoms with E-state index >= 15 is 0 Å². The van der Waals surface area contributed by atoms with Crippen molar-refractivity contribution in [2.45, 2.75) is 25.7 Å². The van der Waals surface area contributed by atoms with Crippen molar-refractivity contribution in [2.75, 3.05) is 6.61 Å². The molecule has 1 aliphatic rings. The van der Waals surface area contributed by atoms with E-state index in [9.17, 15) is 9.59 Å². The number of rotatable bonds is 3. The van der Waals surface area contributed by atoms with Crippen molar-refractivity contribution in [2.24, 2.45) is 5.92 Å². The molecule has 1 fully saturated rings. The fourth-order valence-electron chi connectivity index (χ4n) is 1.34. The number of carbonyl (C=O) groups excluding carboxylic acids is 1. The number of hydrogen-bond acceptors (Lipinski definition) is 4. The van der Waals surface area contributed by atoms with Crippen molar-refractivity contribution in [3.8, 4) is 0 Å². The molecule has 5 heteroatoms. The third kappa shape index (κ3) is 8.07. The molecule has 1 unspecified atom stereocenters. The molecule has 1 saturated heterocycles. The van der Waals surface area contributed by atoms with Crippen LogP contribution in [0.25, 0.3) is 0 Å². The molecule has 0 aromatic rings. The molecule has 1 aliphatic heterocycles. The average molecular weight is 242 g/mol. The van der Waals surface area contributed by atoms with Gasteiger partial charge in [-0.3, -0.25) is 4.79 Å². The molecular weight excluding hydrogens is 224 g/mol. The van der Waals surface area contributed by atoms with Gasteiger partial charge in [-0.25, -0.2) is 4.79 Å². The van der Waals surface area contributed by atoms with Crippen LogP contribution in [0.15, 0.2) is 25.0 Å². The van der Waals surface area contributed by atoms with Crippen molar-refractivity contribution in [3.05, 3.63) is 25.0 Å². The van der Waals surface area contributed by atoms with Gasteiger partial charge in [-0.05, 0) is 31.8 Å². The summed E-state index contributed by atoms with van der Waals surface area (Å²) in [6, 6.07) is 0. The van der Waals surface area contributed by atoms with Gasteiger partial charge < -0.3 is 14.9 Å². The van der Waals surface area contributed by atoms with Crippen molar-refractivity contribution in [3.63, 3.8) is 0 Å². The second-order valence-electron chi connectivity index (χ2n) is 3.52. The van der Waals surface area contributed by atoms with Crippen LogP contribution in [0, 0.1) is 5.92 Å². The van der Waals surface area contributed by atoms with E-state index in [1.807, 2.05) is 0 Å². The van der Waals surface area contributed by atoms with Gasteiger partial charge in [0.05, 0.1) is 18.8 Å². The molecule has 0 saturated carbocycles. The molecule has 0 amide bonds. The quantitative estimate of drug-likeness (QED) is 0.449. The first kappa shape index (κ1) is 15.2. The lowest BCUT2D eigenvalue weighted by Gasteiger charge is -2.07. The molecular formula is C12H18O5. The fourth-order valence-corrected chi connectivity index (χ4v) is 1.34. The fraction of sp³-hybridized carbons (Fsp3) is 0.500. The molecule has 0 aromatic heterocycles. The Bertz CT molecular complexity index is 283. The Morgan fingerprint density at radius 3 is 2.71 bits per heavy atom. The highest BCUT2D eigenvalue weighted by molar-refractivity contribution is 5.78. The maximum Gasteiger partial charge on any atom is 0.327 e. The number of aliphatic hydroxyl groups is 1. The van der Waals surface area contributed by atoms with Gasteiger partial charge >= 0.3 is 11.9 Å². The van der Waals surface area contributed by atoms with Crippen LogP contribution in [-0.4, -0.2) is 28.8 Å². The van der Waals surface area contributed by atoms with Crippen molar-refractivity contribution in [1.29, 1.82) is 0 Å². The Morgan fingerprint density at radius 2 is 2.18 bits per heavy atom. The molecule has 2 N–H and O–H groups in total. The Balaban J connectivity index is 0.000000437. The van der Waals surface area contributed by atoms with Crippen LogP contribution < -0.4 is 0 Å². The molecule has 1 heterocycles. The normalized spacial score (nSPS) is 19.8. The van der Waals surface area contributed by atoms with E-state index in [4.69, 9.17) is 14.9 Å². The first-order valence-corrected chi connectivity index (χ1v) is 5.43. The second-order valence-corrected chi connectivity index (χ2v) is 3.52. The maximum absolute atomic E-state index is 11.2. The number of esters is 1. The summed E-state index contributed by atoms with van der Waals surface area (Å²) in [6.45, 7) is 3.51. The lowest BCUT2D eigenvalue weighted by Crippen LogP contribution is -2.14. The van der Waals surface area contributed by atoms with Gasteiger partial charge in [0, 0.05) is 6.08 Å². The first-order valence-electron chi connectivity index (χ1n) is 5.43. The number of carboxylic acid groups (broad SMARTS) is 1. The van der Waals surface area contributed by atoms with Crippen molar-refractivity contribution in [1.82, 2.24) is 0 Å². The van der Waals surface area contributed by atoms with Crippen LogP contribution >= 0.6 is 0 Å². The number of cyclic esters (lactones) is 1. The predicted molar refractivity (Wildman–Crippen MR) is 62.5 cm³/mol. The average Bonchev–Trinajstić information content (AvgIpc) is 2.52. The monoisotopic (exact) mass is 242 g/mol. The minimum atomic E-state index is -0.981. The number of allylic oxidation sites excluding steroid dienone is 1.